The van der Waals surface area contributed by atoms with Gasteiger partial charge in [-0.1, -0.05) is 0 Å². The van der Waals surface area contributed by atoms with E-state index >= 15 is 0 Å². The minimum atomic E-state index is -0.353. The van der Waals surface area contributed by atoms with Crippen LogP contribution in [-0.2, 0) is 9.53 Å². The van der Waals surface area contributed by atoms with E-state index in [4.69, 9.17) is 9.47 Å². The number of benzene rings is 1. The minimum absolute atomic E-state index is 0.0151. The third-order valence-electron chi connectivity index (χ3n) is 7.21. The van der Waals surface area contributed by atoms with Gasteiger partial charge in [-0.3, -0.25) is 14.6 Å². The molecule has 3 N–H and O–H groups in total. The van der Waals surface area contributed by atoms with Crippen molar-refractivity contribution in [2.75, 3.05) is 20.3 Å². The molecule has 2 heterocycles. The van der Waals surface area contributed by atoms with Crippen molar-refractivity contribution in [3.8, 4) is 16.9 Å². The number of aromatic nitrogens is 2. The van der Waals surface area contributed by atoms with Gasteiger partial charge in [0.15, 0.2) is 0 Å². The second kappa shape index (κ2) is 10.9. The Morgan fingerprint density at radius 3 is 2.49 bits per heavy atom. The van der Waals surface area contributed by atoms with E-state index in [1.165, 1.54) is 19.2 Å². The Kier molecular flexibility index (Phi) is 7.41. The van der Waals surface area contributed by atoms with Crippen LogP contribution in [0.5, 0.6) is 5.75 Å². The Morgan fingerprint density at radius 2 is 1.78 bits per heavy atom. The fourth-order valence-corrected chi connectivity index (χ4v) is 5.08. The van der Waals surface area contributed by atoms with Crippen LogP contribution in [0, 0.1) is 18.7 Å². The molecule has 0 bridgehead atoms. The lowest BCUT2D eigenvalue weighted by molar-refractivity contribution is -0.125. The second-order valence-electron chi connectivity index (χ2n) is 10.1. The van der Waals surface area contributed by atoms with Gasteiger partial charge in [-0.15, -0.1) is 0 Å². The van der Waals surface area contributed by atoms with Crippen LogP contribution in [0.2, 0.25) is 0 Å². The number of carbonyl (C=O) groups is 2. The molecule has 196 valence electrons. The maximum Gasteiger partial charge on any atom is 0.255 e. The van der Waals surface area contributed by atoms with Gasteiger partial charge in [0.1, 0.15) is 23.7 Å². The van der Waals surface area contributed by atoms with E-state index in [1.807, 2.05) is 13.0 Å². The van der Waals surface area contributed by atoms with E-state index < -0.39 is 0 Å². The number of hydrogen-bond donors (Lipinski definition) is 3. The lowest BCUT2D eigenvalue weighted by Crippen LogP contribution is -2.44. The number of nitrogens with one attached hydrogen (secondary N) is 3. The van der Waals surface area contributed by atoms with Crippen LogP contribution in [0.25, 0.3) is 22.2 Å². The third kappa shape index (κ3) is 5.77. The van der Waals surface area contributed by atoms with Crippen molar-refractivity contribution < 1.29 is 23.5 Å². The van der Waals surface area contributed by atoms with E-state index in [2.05, 4.69) is 20.6 Å². The summed E-state index contributed by atoms with van der Waals surface area (Å²) in [5.74, 6) is 0.521. The fourth-order valence-electron chi connectivity index (χ4n) is 5.08. The summed E-state index contributed by atoms with van der Waals surface area (Å²) >= 11 is 0. The predicted octanol–water partition coefficient (Wildman–Crippen LogP) is 4.27. The van der Waals surface area contributed by atoms with Gasteiger partial charge in [-0.05, 0) is 75.6 Å². The fraction of sp³-hybridized carbons (Fsp3) is 0.464. The molecular formula is C28H33FN4O4. The Morgan fingerprint density at radius 1 is 1.05 bits per heavy atom. The topological polar surface area (TPSA) is 105 Å². The number of hydrogen-bond acceptors (Lipinski definition) is 5. The highest BCUT2D eigenvalue weighted by molar-refractivity contribution is 6.09. The Labute approximate surface area is 215 Å². The van der Waals surface area contributed by atoms with Crippen molar-refractivity contribution in [1.29, 1.82) is 0 Å². The first-order valence-electron chi connectivity index (χ1n) is 12.9. The van der Waals surface area contributed by atoms with Gasteiger partial charge in [0.05, 0.1) is 17.7 Å². The van der Waals surface area contributed by atoms with Crippen molar-refractivity contribution in [3.63, 3.8) is 0 Å². The van der Waals surface area contributed by atoms with Gasteiger partial charge in [0, 0.05) is 42.2 Å². The van der Waals surface area contributed by atoms with Gasteiger partial charge in [0.2, 0.25) is 5.91 Å². The highest BCUT2D eigenvalue weighted by Crippen LogP contribution is 2.38. The maximum absolute atomic E-state index is 14.3. The quantitative estimate of drug-likeness (QED) is 0.400. The molecule has 37 heavy (non-hydrogen) atoms. The monoisotopic (exact) mass is 508 g/mol. The highest BCUT2D eigenvalue weighted by Gasteiger charge is 2.27. The van der Waals surface area contributed by atoms with Crippen LogP contribution in [0.15, 0.2) is 30.5 Å². The van der Waals surface area contributed by atoms with E-state index in [0.29, 0.717) is 46.1 Å². The summed E-state index contributed by atoms with van der Waals surface area (Å²) in [6.45, 7) is 2.51. The molecule has 9 heteroatoms. The van der Waals surface area contributed by atoms with Crippen molar-refractivity contribution in [2.45, 2.75) is 57.5 Å². The summed E-state index contributed by atoms with van der Waals surface area (Å²) in [4.78, 5) is 33.0. The number of amides is 2. The molecule has 0 unspecified atom stereocenters. The number of aromatic amines is 1. The van der Waals surface area contributed by atoms with Gasteiger partial charge < -0.3 is 25.1 Å². The Hall–Kier alpha value is -3.46. The van der Waals surface area contributed by atoms with Gasteiger partial charge in [0.25, 0.3) is 5.91 Å². The average molecular weight is 509 g/mol. The number of methoxy groups -OCH3 is 1. The summed E-state index contributed by atoms with van der Waals surface area (Å²) in [6.07, 6.45) is 7.09. The van der Waals surface area contributed by atoms with Crippen LogP contribution in [0.1, 0.15) is 54.6 Å². The molecule has 2 fully saturated rings. The molecule has 8 nitrogen and oxygen atoms in total. The minimum Gasteiger partial charge on any atom is -0.493 e. The molecule has 0 atom stereocenters. The molecule has 2 amide bonds. The van der Waals surface area contributed by atoms with Crippen LogP contribution < -0.4 is 15.4 Å². The van der Waals surface area contributed by atoms with Gasteiger partial charge >= 0.3 is 0 Å². The molecule has 0 radical (unpaired) electrons. The smallest absolute Gasteiger partial charge is 0.255 e. The van der Waals surface area contributed by atoms with Crippen LogP contribution >= 0.6 is 0 Å². The lowest BCUT2D eigenvalue weighted by Gasteiger charge is -2.29. The summed E-state index contributed by atoms with van der Waals surface area (Å²) < 4.78 is 25.2. The molecule has 2 saturated carbocycles. The largest absolute Gasteiger partial charge is 0.493 e. The zero-order valence-electron chi connectivity index (χ0n) is 21.2. The first-order chi connectivity index (χ1) is 17.9. The average Bonchev–Trinajstić information content (AvgIpc) is 3.64. The summed E-state index contributed by atoms with van der Waals surface area (Å²) in [7, 11) is 1.50. The van der Waals surface area contributed by atoms with Crippen molar-refractivity contribution >= 4 is 22.8 Å². The molecular weight excluding hydrogens is 475 g/mol. The third-order valence-corrected chi connectivity index (χ3v) is 7.21. The maximum atomic E-state index is 14.3. The first kappa shape index (κ1) is 25.2. The zero-order chi connectivity index (χ0) is 25.9. The molecule has 5 rings (SSSR count). The number of ether oxygens (including phenoxy) is 2. The first-order valence-corrected chi connectivity index (χ1v) is 12.9. The number of pyridine rings is 1. The number of carbonyl (C=O) groups excluding carboxylic acids is 2. The van der Waals surface area contributed by atoms with E-state index in [-0.39, 0.29) is 36.3 Å². The number of aryl methyl sites for hydroxylation is 1. The van der Waals surface area contributed by atoms with Gasteiger partial charge in [-0.25, -0.2) is 4.39 Å². The molecule has 2 aliphatic carbocycles. The number of rotatable bonds is 9. The summed E-state index contributed by atoms with van der Waals surface area (Å²) in [6, 6.07) is 6.46. The van der Waals surface area contributed by atoms with Crippen molar-refractivity contribution in [1.82, 2.24) is 20.6 Å². The predicted molar refractivity (Wildman–Crippen MR) is 138 cm³/mol. The van der Waals surface area contributed by atoms with Crippen molar-refractivity contribution in [2.24, 2.45) is 5.92 Å². The molecule has 0 spiro atoms. The van der Waals surface area contributed by atoms with Gasteiger partial charge in [-0.2, -0.15) is 0 Å². The van der Waals surface area contributed by atoms with E-state index in [0.717, 1.165) is 44.1 Å². The zero-order valence-corrected chi connectivity index (χ0v) is 21.2. The molecule has 0 saturated heterocycles. The number of fused-ring (bicyclic) bond motifs is 1. The highest BCUT2D eigenvalue weighted by atomic mass is 19.1. The van der Waals surface area contributed by atoms with Crippen LogP contribution in [-0.4, -0.2) is 54.2 Å². The Balaban J connectivity index is 1.34. The lowest BCUT2D eigenvalue weighted by atomic mass is 9.91. The molecule has 0 aliphatic heterocycles. The number of H-pyrrole nitrogens is 1. The number of nitrogens with zero attached hydrogens (tertiary/aromatic N) is 1. The van der Waals surface area contributed by atoms with E-state index in [9.17, 15) is 14.0 Å². The van der Waals surface area contributed by atoms with E-state index in [1.54, 1.807) is 12.3 Å². The second-order valence-corrected chi connectivity index (χ2v) is 10.1. The molecule has 2 aliphatic rings. The van der Waals surface area contributed by atoms with Crippen molar-refractivity contribution in [3.05, 3.63) is 47.5 Å². The van der Waals surface area contributed by atoms with Crippen LogP contribution in [0.4, 0.5) is 4.39 Å². The normalized spacial score (nSPS) is 19.5. The molecule has 1 aromatic carbocycles. The standard InChI is InChI=1S/C28H33FN4O4/c1-16-25(28(35)33-20-8-6-19(7-9-20)32-24(34)15-36-2)27-26(31-16)21(11-12-30-27)22-13-18(29)5-10-23(22)37-14-17-3-4-17/h5,10-13,17,19-20,31H,3-4,6-9,14-15H2,1-2H3,(H,32,34)(H,33,35). The molecule has 2 aromatic heterocycles. The SMILES string of the molecule is COCC(=O)NC1CCC(NC(=O)c2c(C)[nH]c3c(-c4cc(F)ccc4OCC4CC4)ccnc23)CC1. The summed E-state index contributed by atoms with van der Waals surface area (Å²) in [5, 5.41) is 6.13. The number of halogens is 1. The van der Waals surface area contributed by atoms with Crippen LogP contribution in [0.3, 0.4) is 0 Å². The summed E-state index contributed by atoms with van der Waals surface area (Å²) in [5.41, 5.74) is 3.79. The molecule has 3 aromatic rings. The Bertz CT molecular complexity index is 1290.